The van der Waals surface area contributed by atoms with Gasteiger partial charge in [0.25, 0.3) is 5.91 Å². The zero-order valence-electron chi connectivity index (χ0n) is 19.2. The maximum Gasteiger partial charge on any atom is 0.251 e. The van der Waals surface area contributed by atoms with E-state index < -0.39 is 0 Å². The first-order chi connectivity index (χ1) is 15.5. The van der Waals surface area contributed by atoms with Gasteiger partial charge in [0.2, 0.25) is 0 Å². The maximum absolute atomic E-state index is 12.6. The Hall–Kier alpha value is -3.11. The van der Waals surface area contributed by atoms with Crippen molar-refractivity contribution in [3.8, 4) is 16.9 Å². The SMILES string of the molecule is COc1ccc(C(=O)NC2CCCN(Cc3ccc(-c4cc(C)cc(C)c4)cc3)C2)cc1. The average molecular weight is 429 g/mol. The van der Waals surface area contributed by atoms with Gasteiger partial charge in [-0.15, -0.1) is 0 Å². The van der Waals surface area contributed by atoms with Gasteiger partial charge in [0, 0.05) is 24.7 Å². The molecule has 0 spiro atoms. The number of ether oxygens (including phenoxy) is 1. The van der Waals surface area contributed by atoms with Gasteiger partial charge < -0.3 is 10.1 Å². The summed E-state index contributed by atoms with van der Waals surface area (Å²) < 4.78 is 5.17. The number of hydrogen-bond acceptors (Lipinski definition) is 3. The van der Waals surface area contributed by atoms with Crippen LogP contribution >= 0.6 is 0 Å². The molecule has 166 valence electrons. The minimum absolute atomic E-state index is 0.0164. The topological polar surface area (TPSA) is 41.6 Å². The molecule has 4 nitrogen and oxygen atoms in total. The molecule has 32 heavy (non-hydrogen) atoms. The van der Waals surface area contributed by atoms with Crippen LogP contribution in [0.5, 0.6) is 5.75 Å². The van der Waals surface area contributed by atoms with Gasteiger partial charge in [0.15, 0.2) is 0 Å². The van der Waals surface area contributed by atoms with Crippen LogP contribution in [-0.4, -0.2) is 37.0 Å². The van der Waals surface area contributed by atoms with Gasteiger partial charge in [-0.05, 0) is 74.2 Å². The summed E-state index contributed by atoms with van der Waals surface area (Å²) in [5, 5.41) is 3.21. The van der Waals surface area contributed by atoms with Crippen molar-refractivity contribution in [1.29, 1.82) is 0 Å². The summed E-state index contributed by atoms with van der Waals surface area (Å²) >= 11 is 0. The van der Waals surface area contributed by atoms with Gasteiger partial charge in [-0.1, -0.05) is 53.6 Å². The van der Waals surface area contributed by atoms with E-state index in [4.69, 9.17) is 4.74 Å². The fraction of sp³-hybridized carbons (Fsp3) is 0.321. The van der Waals surface area contributed by atoms with E-state index in [1.54, 1.807) is 7.11 Å². The molecule has 0 aliphatic carbocycles. The minimum Gasteiger partial charge on any atom is -0.497 e. The quantitative estimate of drug-likeness (QED) is 0.574. The molecule has 0 saturated carbocycles. The molecule has 1 saturated heterocycles. The summed E-state index contributed by atoms with van der Waals surface area (Å²) in [6.45, 7) is 7.13. The van der Waals surface area contributed by atoms with Gasteiger partial charge in [-0.3, -0.25) is 9.69 Å². The number of nitrogens with zero attached hydrogens (tertiary/aromatic N) is 1. The average Bonchev–Trinajstić information content (AvgIpc) is 2.79. The first-order valence-corrected chi connectivity index (χ1v) is 11.3. The summed E-state index contributed by atoms with van der Waals surface area (Å²) in [6.07, 6.45) is 2.11. The standard InChI is InChI=1S/C28H32N2O2/c1-20-15-21(2)17-25(16-20)23-8-6-22(7-9-23)18-30-14-4-5-26(19-30)29-28(31)24-10-12-27(32-3)13-11-24/h6-13,15-17,26H,4-5,14,18-19H2,1-3H3,(H,29,31). The van der Waals surface area contributed by atoms with E-state index in [1.165, 1.54) is 27.8 Å². The number of likely N-dealkylation sites (tertiary alicyclic amines) is 1. The number of amides is 1. The van der Waals surface area contributed by atoms with E-state index in [1.807, 2.05) is 24.3 Å². The fourth-order valence-corrected chi connectivity index (χ4v) is 4.53. The highest BCUT2D eigenvalue weighted by atomic mass is 16.5. The zero-order chi connectivity index (χ0) is 22.5. The fourth-order valence-electron chi connectivity index (χ4n) is 4.53. The molecule has 1 N–H and O–H groups in total. The molecule has 4 rings (SSSR count). The van der Waals surface area contributed by atoms with E-state index in [9.17, 15) is 4.79 Å². The van der Waals surface area contributed by atoms with Crippen LogP contribution in [0.4, 0.5) is 0 Å². The van der Waals surface area contributed by atoms with Crippen LogP contribution in [-0.2, 0) is 6.54 Å². The number of methoxy groups -OCH3 is 1. The lowest BCUT2D eigenvalue weighted by Crippen LogP contribution is -2.47. The third kappa shape index (κ3) is 5.57. The van der Waals surface area contributed by atoms with Crippen LogP contribution in [0.25, 0.3) is 11.1 Å². The molecule has 0 radical (unpaired) electrons. The van der Waals surface area contributed by atoms with Gasteiger partial charge in [-0.25, -0.2) is 0 Å². The number of hydrogen-bond donors (Lipinski definition) is 1. The number of piperidine rings is 1. The normalized spacial score (nSPS) is 16.5. The maximum atomic E-state index is 12.6. The Labute approximate surface area is 191 Å². The van der Waals surface area contributed by atoms with E-state index in [2.05, 4.69) is 66.5 Å². The Kier molecular flexibility index (Phi) is 6.91. The van der Waals surface area contributed by atoms with Crippen molar-refractivity contribution in [1.82, 2.24) is 10.2 Å². The summed E-state index contributed by atoms with van der Waals surface area (Å²) in [5.41, 5.74) is 7.09. The lowest BCUT2D eigenvalue weighted by atomic mass is 9.99. The van der Waals surface area contributed by atoms with Crippen molar-refractivity contribution in [2.75, 3.05) is 20.2 Å². The lowest BCUT2D eigenvalue weighted by Gasteiger charge is -2.33. The van der Waals surface area contributed by atoms with Crippen LogP contribution in [0, 0.1) is 13.8 Å². The molecule has 3 aromatic rings. The number of carbonyl (C=O) groups excluding carboxylic acids is 1. The van der Waals surface area contributed by atoms with Crippen molar-refractivity contribution >= 4 is 5.91 Å². The monoisotopic (exact) mass is 428 g/mol. The Morgan fingerprint density at radius 2 is 1.66 bits per heavy atom. The zero-order valence-corrected chi connectivity index (χ0v) is 19.2. The third-order valence-electron chi connectivity index (χ3n) is 6.11. The van der Waals surface area contributed by atoms with E-state index in [-0.39, 0.29) is 11.9 Å². The summed E-state index contributed by atoms with van der Waals surface area (Å²) in [4.78, 5) is 15.1. The number of carbonyl (C=O) groups is 1. The molecule has 1 aliphatic rings. The third-order valence-corrected chi connectivity index (χ3v) is 6.11. The Morgan fingerprint density at radius 1 is 0.969 bits per heavy atom. The molecular weight excluding hydrogens is 396 g/mol. The Balaban J connectivity index is 1.34. The van der Waals surface area contributed by atoms with Crippen molar-refractivity contribution in [2.45, 2.75) is 39.3 Å². The number of benzene rings is 3. The molecule has 1 atom stereocenters. The Morgan fingerprint density at radius 3 is 2.31 bits per heavy atom. The summed E-state index contributed by atoms with van der Waals surface area (Å²) in [7, 11) is 1.63. The van der Waals surface area contributed by atoms with Crippen LogP contribution in [0.3, 0.4) is 0 Å². The first-order valence-electron chi connectivity index (χ1n) is 11.3. The van der Waals surface area contributed by atoms with E-state index in [0.29, 0.717) is 5.56 Å². The van der Waals surface area contributed by atoms with E-state index in [0.717, 1.165) is 38.2 Å². The molecular formula is C28H32N2O2. The second-order valence-corrected chi connectivity index (χ2v) is 8.85. The lowest BCUT2D eigenvalue weighted by molar-refractivity contribution is 0.0901. The van der Waals surface area contributed by atoms with Gasteiger partial charge in [-0.2, -0.15) is 0 Å². The number of nitrogens with one attached hydrogen (secondary N) is 1. The molecule has 1 amide bonds. The predicted molar refractivity (Wildman–Crippen MR) is 130 cm³/mol. The predicted octanol–water partition coefficient (Wildman–Crippen LogP) is 5.37. The molecule has 0 aromatic heterocycles. The highest BCUT2D eigenvalue weighted by Crippen LogP contribution is 2.23. The largest absolute Gasteiger partial charge is 0.497 e. The first kappa shape index (κ1) is 22.1. The Bertz CT molecular complexity index is 1040. The molecule has 1 fully saturated rings. The van der Waals surface area contributed by atoms with Crippen molar-refractivity contribution < 1.29 is 9.53 Å². The second-order valence-electron chi connectivity index (χ2n) is 8.85. The van der Waals surface area contributed by atoms with Crippen LogP contribution in [0.1, 0.15) is 39.9 Å². The molecule has 1 aliphatic heterocycles. The summed E-state index contributed by atoms with van der Waals surface area (Å²) in [5.74, 6) is 0.742. The molecule has 3 aromatic carbocycles. The number of rotatable bonds is 6. The second kappa shape index (κ2) is 10.0. The van der Waals surface area contributed by atoms with Gasteiger partial charge in [0.05, 0.1) is 7.11 Å². The smallest absolute Gasteiger partial charge is 0.251 e. The van der Waals surface area contributed by atoms with Gasteiger partial charge in [0.1, 0.15) is 5.75 Å². The van der Waals surface area contributed by atoms with Crippen LogP contribution in [0.15, 0.2) is 66.7 Å². The molecule has 0 bridgehead atoms. The molecule has 1 unspecified atom stereocenters. The van der Waals surface area contributed by atoms with E-state index >= 15 is 0 Å². The van der Waals surface area contributed by atoms with Crippen molar-refractivity contribution in [2.24, 2.45) is 0 Å². The molecule has 4 heteroatoms. The highest BCUT2D eigenvalue weighted by molar-refractivity contribution is 5.94. The van der Waals surface area contributed by atoms with Crippen molar-refractivity contribution in [3.63, 3.8) is 0 Å². The highest BCUT2D eigenvalue weighted by Gasteiger charge is 2.22. The number of aryl methyl sites for hydroxylation is 2. The minimum atomic E-state index is -0.0164. The van der Waals surface area contributed by atoms with Gasteiger partial charge >= 0.3 is 0 Å². The summed E-state index contributed by atoms with van der Waals surface area (Å²) in [6, 6.07) is 23.0. The molecule has 1 heterocycles. The van der Waals surface area contributed by atoms with Crippen molar-refractivity contribution in [3.05, 3.63) is 89.0 Å². The van der Waals surface area contributed by atoms with Crippen LogP contribution in [0.2, 0.25) is 0 Å². The van der Waals surface area contributed by atoms with Crippen LogP contribution < -0.4 is 10.1 Å².